The summed E-state index contributed by atoms with van der Waals surface area (Å²) in [6.45, 7) is 0. The Morgan fingerprint density at radius 2 is 0.471 bits per heavy atom. The summed E-state index contributed by atoms with van der Waals surface area (Å²) < 4.78 is 18.2. The summed E-state index contributed by atoms with van der Waals surface area (Å²) in [4.78, 5) is 0. The van der Waals surface area contributed by atoms with Crippen LogP contribution in [-0.2, 0) is 21.5 Å². The minimum absolute atomic E-state index is 0.940. The van der Waals surface area contributed by atoms with Gasteiger partial charge in [0.2, 0.25) is 0 Å². The van der Waals surface area contributed by atoms with E-state index in [-0.39, 0.29) is 0 Å². The molecule has 0 saturated heterocycles. The second-order valence-electron chi connectivity index (χ2n) is 30.8. The van der Waals surface area contributed by atoms with Crippen LogP contribution < -0.4 is 0 Å². The average molecular weight is 1660 g/mol. The molecule has 25 aromatic rings. The van der Waals surface area contributed by atoms with Crippen molar-refractivity contribution in [1.82, 2.24) is 32.0 Å². The molecule has 0 amide bonds. The number of para-hydroxylation sites is 13. The number of fused-ring (bicyclic) bond motifs is 24. The molecule has 7 aromatic heterocycles. The van der Waals surface area contributed by atoms with Gasteiger partial charge in [0, 0.05) is 115 Å². The van der Waals surface area contributed by atoms with Crippen molar-refractivity contribution in [3.8, 4) is 50.9 Å². The molecule has 119 heavy (non-hydrogen) atoms. The van der Waals surface area contributed by atoms with Gasteiger partial charge in [0.05, 0.1) is 88.6 Å². The van der Waals surface area contributed by atoms with E-state index in [0.717, 1.165) is 33.6 Å². The molecule has 0 bridgehead atoms. The molecule has 1 aliphatic rings. The molecule has 0 aliphatic heterocycles. The Kier molecular flexibility index (Phi) is 16.9. The van der Waals surface area contributed by atoms with E-state index in [1.807, 2.05) is 6.07 Å². The Balaban J connectivity index is 0.000000116. The van der Waals surface area contributed by atoms with Gasteiger partial charge in [-0.2, -0.15) is 0 Å². The van der Waals surface area contributed by atoms with Gasteiger partial charge in [-0.1, -0.05) is 277 Å². The van der Waals surface area contributed by atoms with Gasteiger partial charge in [0.1, 0.15) is 0 Å². The van der Waals surface area contributed by atoms with Crippen LogP contribution in [0.15, 0.2) is 417 Å². The fourth-order valence-corrected chi connectivity index (χ4v) is 20.0. The Hall–Kier alpha value is -14.2. The molecule has 0 unspecified atom stereocenters. The van der Waals surface area contributed by atoms with Crippen molar-refractivity contribution in [2.24, 2.45) is 0 Å². The molecule has 0 atom stereocenters. The zero-order valence-corrected chi connectivity index (χ0v) is 67.4. The van der Waals surface area contributed by atoms with E-state index in [9.17, 15) is 0 Å². The third-order valence-corrected chi connectivity index (χ3v) is 25.0. The van der Waals surface area contributed by atoms with Gasteiger partial charge >= 0.3 is 25.2 Å². The van der Waals surface area contributed by atoms with Crippen LogP contribution in [0.25, 0.3) is 204 Å². The topological polar surface area (TPSA) is 34.5 Å². The molecule has 0 spiro atoms. The molecule has 7 heterocycles. The maximum atomic E-state index is 4.20. The normalized spacial score (nSPS) is 12.0. The molecule has 0 fully saturated rings. The first-order valence-corrected chi connectivity index (χ1v) is 42.3. The molecule has 7 nitrogen and oxygen atoms in total. The second-order valence-corrected chi connectivity index (χ2v) is 31.7. The van der Waals surface area contributed by atoms with E-state index in [2.05, 4.69) is 480 Å². The third-order valence-electron chi connectivity index (χ3n) is 24.5. The molecule has 0 N–H and O–H groups in total. The summed E-state index contributed by atoms with van der Waals surface area (Å²) in [7, 11) is 4.20. The van der Waals surface area contributed by atoms with E-state index in [0.29, 0.717) is 0 Å². The Morgan fingerprint density at radius 1 is 0.193 bits per heavy atom. The number of rotatable bonds is 7. The van der Waals surface area contributed by atoms with Crippen LogP contribution in [0, 0.1) is 0 Å². The number of aromatic nitrogens is 7. The monoisotopic (exact) mass is 1650 g/mol. The second kappa shape index (κ2) is 28.6. The Labute approximate surface area is 705 Å². The van der Waals surface area contributed by atoms with Crippen molar-refractivity contribution in [3.63, 3.8) is 0 Å². The van der Waals surface area contributed by atoms with E-state index in [1.165, 1.54) is 192 Å². The van der Waals surface area contributed by atoms with Crippen LogP contribution in [-0.4, -0.2) is 32.0 Å². The van der Waals surface area contributed by atoms with Crippen molar-refractivity contribution in [2.45, 2.75) is 6.42 Å². The first-order chi connectivity index (χ1) is 59.0. The van der Waals surface area contributed by atoms with Crippen LogP contribution >= 0.6 is 26.0 Å². The first-order valence-electron chi connectivity index (χ1n) is 40.2. The Bertz CT molecular complexity index is 8190. The largest absolute Gasteiger partial charge is 0.309 e. The molecule has 18 aromatic carbocycles. The molecule has 10 heteroatoms. The van der Waals surface area contributed by atoms with Crippen LogP contribution in [0.3, 0.4) is 0 Å². The molecule has 26 rings (SSSR count). The maximum absolute atomic E-state index is 4.20. The van der Waals surface area contributed by atoms with Crippen molar-refractivity contribution < 1.29 is 15.1 Å². The Morgan fingerprint density at radius 3 is 0.882 bits per heavy atom. The van der Waals surface area contributed by atoms with Crippen molar-refractivity contribution in [2.75, 3.05) is 0 Å². The summed E-state index contributed by atoms with van der Waals surface area (Å²) in [6.07, 6.45) is 0.940. The number of halogens is 2. The van der Waals surface area contributed by atoms with Crippen LogP contribution in [0.1, 0.15) is 11.1 Å². The van der Waals surface area contributed by atoms with Crippen LogP contribution in [0.2, 0.25) is 0 Å². The fourth-order valence-electron chi connectivity index (χ4n) is 19.7. The number of hydrogen-bond donors (Lipinski definition) is 0. The van der Waals surface area contributed by atoms with Gasteiger partial charge in [0.25, 0.3) is 0 Å². The fraction of sp³-hybridized carbons (Fsp3) is 0.00917. The smallest absolute Gasteiger partial charge is 0.0784 e. The van der Waals surface area contributed by atoms with Crippen molar-refractivity contribution in [3.05, 3.63) is 428 Å². The van der Waals surface area contributed by atoms with E-state index in [1.54, 1.807) is 0 Å². The number of nitrogens with zero attached hydrogens (tertiary/aromatic N) is 7. The molecule has 566 valence electrons. The summed E-state index contributed by atoms with van der Waals surface area (Å²) in [6, 6.07) is 150. The average Bonchev–Trinajstić information content (AvgIpc) is 1.55. The maximum Gasteiger partial charge on any atom is 0.0784 e. The standard InChI is InChI=1S/C54H34N4.C37H24N2.C18H12BrN.ClH.Cu/c1-2-16-35(17-3-1)55-48-26-12-8-22-42(48)44-32-36(30-31-52(44)55)57-49-27-13-9-23-43(49)45-33-37(56-46-24-10-4-18-38(46)39-19-5-11-25-47(39)56)34-53(54(45)57)58-50-28-14-6-20-40(50)41-21-7-15-29-51(41)58;1-2-12-26-24(11-1)21-32-31(26)22-25(38-33-17-7-3-13-27(33)28-14-4-8-18-34(28)38)23-37(32)39-35-19-9-5-15-29(35)30-16-6-10-20-36(30)39;19-13-10-11-18-16(12-13)15-8-4-5-9-17(15)20(18)14-6-2-1-3-7-14;;/h1-34H;1-20,22-23H,21H2;1-12H;1H;/q;;;;+1/p-1. The minimum Gasteiger partial charge on any atom is -0.309 e. The van der Waals surface area contributed by atoms with E-state index >= 15 is 0 Å². The third kappa shape index (κ3) is 11.1. The van der Waals surface area contributed by atoms with Gasteiger partial charge in [-0.05, 0) is 174 Å². The van der Waals surface area contributed by atoms with Crippen LogP contribution in [0.5, 0.6) is 0 Å². The van der Waals surface area contributed by atoms with E-state index < -0.39 is 0 Å². The van der Waals surface area contributed by atoms with E-state index in [4.69, 9.17) is 0 Å². The summed E-state index contributed by atoms with van der Waals surface area (Å²) in [5, 5.41) is 17.6. The van der Waals surface area contributed by atoms with Crippen LogP contribution in [0.4, 0.5) is 0 Å². The first kappa shape index (κ1) is 70.3. The summed E-state index contributed by atoms with van der Waals surface area (Å²) in [5.41, 5.74) is 30.6. The molecule has 0 saturated carbocycles. The minimum atomic E-state index is 0.940. The van der Waals surface area contributed by atoms with Gasteiger partial charge in [-0.3, -0.25) is 0 Å². The van der Waals surface area contributed by atoms with Crippen molar-refractivity contribution >= 4 is 179 Å². The van der Waals surface area contributed by atoms with Crippen molar-refractivity contribution in [1.29, 1.82) is 0 Å². The summed E-state index contributed by atoms with van der Waals surface area (Å²) >= 11 is 7.23. The predicted octanol–water partition coefficient (Wildman–Crippen LogP) is 29.8. The van der Waals surface area contributed by atoms with Gasteiger partial charge in [-0.25, -0.2) is 0 Å². The molecular weight excluding hydrogens is 1590 g/mol. The number of hydrogen-bond acceptors (Lipinski definition) is 0. The summed E-state index contributed by atoms with van der Waals surface area (Å²) in [5.74, 6) is 0. The number of benzene rings is 18. The molecule has 1 aliphatic carbocycles. The SMILES string of the molecule is Brc1ccc2c(c1)c1ccccc1n2-c1ccccc1.[Cl][Cu].c1ccc(-n2c3ccccc3c3cc(-n4c5ccccc5c5cc(-n6c7ccccc7c7ccccc76)cc(-n6c7ccccc7c7ccccc76)c54)ccc32)cc1.c1ccc2c(c1)Cc1c-2cc(-n2c3ccccc3c3ccccc32)cc1-n1c2ccccc2c2ccccc21. The molecular formula is C109H70BrClCuN7. The molecule has 0 radical (unpaired) electrons. The predicted molar refractivity (Wildman–Crippen MR) is 501 cm³/mol. The van der Waals surface area contributed by atoms with Gasteiger partial charge in [-0.15, -0.1) is 0 Å². The zero-order valence-electron chi connectivity index (χ0n) is 64.2. The van der Waals surface area contributed by atoms with Gasteiger partial charge in [0.15, 0.2) is 0 Å². The quantitative estimate of drug-likeness (QED) is 0.143. The van der Waals surface area contributed by atoms with Gasteiger partial charge < -0.3 is 32.0 Å². The zero-order chi connectivity index (χ0) is 78.9.